The summed E-state index contributed by atoms with van der Waals surface area (Å²) < 4.78 is 4.53. The van der Waals surface area contributed by atoms with Crippen molar-refractivity contribution in [3.8, 4) is 0 Å². The number of esters is 1. The highest BCUT2D eigenvalue weighted by molar-refractivity contribution is 7.99. The first-order valence-corrected chi connectivity index (χ1v) is 6.24. The number of hydrogen-bond donors (Lipinski definition) is 1. The highest BCUT2D eigenvalue weighted by Gasteiger charge is 1.99. The summed E-state index contributed by atoms with van der Waals surface area (Å²) in [6, 6.07) is 8.34. The molecule has 1 aromatic carbocycles. The summed E-state index contributed by atoms with van der Waals surface area (Å²) >= 11 is 1.82. The highest BCUT2D eigenvalue weighted by Crippen LogP contribution is 2.17. The number of benzene rings is 1. The molecule has 0 atom stereocenters. The van der Waals surface area contributed by atoms with Gasteiger partial charge in [0.05, 0.1) is 13.7 Å². The number of nitrogens with one attached hydrogen (secondary N) is 1. The Balaban J connectivity index is 2.34. The first-order valence-electron chi connectivity index (χ1n) is 5.25. The van der Waals surface area contributed by atoms with E-state index in [2.05, 4.69) is 41.2 Å². The van der Waals surface area contributed by atoms with Gasteiger partial charge in [-0.3, -0.25) is 4.79 Å². The summed E-state index contributed by atoms with van der Waals surface area (Å²) in [6.07, 6.45) is 0. The van der Waals surface area contributed by atoms with Crippen LogP contribution in [-0.4, -0.2) is 25.4 Å². The molecule has 1 N–H and O–H groups in total. The van der Waals surface area contributed by atoms with E-state index in [0.717, 1.165) is 5.75 Å². The number of carbonyl (C=O) groups is 1. The maximum Gasteiger partial charge on any atom is 0.319 e. The molecule has 0 fully saturated rings. The maximum absolute atomic E-state index is 10.9. The van der Waals surface area contributed by atoms with Crippen molar-refractivity contribution in [2.24, 2.45) is 0 Å². The Morgan fingerprint density at radius 3 is 2.62 bits per heavy atom. The van der Waals surface area contributed by atoms with Gasteiger partial charge in [-0.15, -0.1) is 11.8 Å². The van der Waals surface area contributed by atoms with Crippen LogP contribution >= 0.6 is 11.8 Å². The zero-order valence-electron chi connectivity index (χ0n) is 9.66. The molecule has 0 saturated heterocycles. The van der Waals surface area contributed by atoms with Crippen LogP contribution in [0.5, 0.6) is 0 Å². The highest BCUT2D eigenvalue weighted by atomic mass is 32.2. The van der Waals surface area contributed by atoms with Gasteiger partial charge in [0.2, 0.25) is 0 Å². The minimum Gasteiger partial charge on any atom is -0.468 e. The smallest absolute Gasteiger partial charge is 0.319 e. The number of rotatable bonds is 6. The van der Waals surface area contributed by atoms with E-state index in [1.54, 1.807) is 0 Å². The molecule has 4 heteroatoms. The van der Waals surface area contributed by atoms with E-state index in [1.807, 2.05) is 11.8 Å². The Labute approximate surface area is 101 Å². The molecule has 0 aliphatic carbocycles. The molecule has 0 aliphatic heterocycles. The van der Waals surface area contributed by atoms with Crippen molar-refractivity contribution in [2.75, 3.05) is 19.4 Å². The third kappa shape index (κ3) is 4.68. The second kappa shape index (κ2) is 7.30. The fourth-order valence-corrected chi connectivity index (χ4v) is 1.91. The Morgan fingerprint density at radius 2 is 2.06 bits per heavy atom. The molecule has 0 spiro atoms. The second-order valence-electron chi connectivity index (χ2n) is 3.26. The van der Waals surface area contributed by atoms with Gasteiger partial charge in [0.25, 0.3) is 0 Å². The lowest BCUT2D eigenvalue weighted by Crippen LogP contribution is -2.23. The molecule has 0 radical (unpaired) electrons. The van der Waals surface area contributed by atoms with Crippen LogP contribution in [0.15, 0.2) is 29.2 Å². The first-order chi connectivity index (χ1) is 7.76. The van der Waals surface area contributed by atoms with Crippen molar-refractivity contribution in [3.63, 3.8) is 0 Å². The van der Waals surface area contributed by atoms with Gasteiger partial charge in [-0.1, -0.05) is 19.1 Å². The van der Waals surface area contributed by atoms with E-state index >= 15 is 0 Å². The number of thioether (sulfide) groups is 1. The minimum atomic E-state index is -0.238. The van der Waals surface area contributed by atoms with Crippen LogP contribution in [0.1, 0.15) is 12.5 Å². The third-order valence-electron chi connectivity index (χ3n) is 2.06. The predicted octanol–water partition coefficient (Wildman–Crippen LogP) is 2.06. The molecular formula is C12H17NO2S. The van der Waals surface area contributed by atoms with Gasteiger partial charge >= 0.3 is 5.97 Å². The number of hydrogen-bond acceptors (Lipinski definition) is 4. The van der Waals surface area contributed by atoms with Gasteiger partial charge in [-0.05, 0) is 23.4 Å². The molecule has 0 unspecified atom stereocenters. The predicted molar refractivity (Wildman–Crippen MR) is 66.6 cm³/mol. The average molecular weight is 239 g/mol. The SMILES string of the molecule is CCSc1ccc(CNCC(=O)OC)cc1. The largest absolute Gasteiger partial charge is 0.468 e. The lowest BCUT2D eigenvalue weighted by atomic mass is 10.2. The van der Waals surface area contributed by atoms with Gasteiger partial charge in [0, 0.05) is 11.4 Å². The summed E-state index contributed by atoms with van der Waals surface area (Å²) in [5.74, 6) is 0.845. The lowest BCUT2D eigenvalue weighted by Gasteiger charge is -2.04. The molecule has 88 valence electrons. The molecule has 0 aliphatic rings. The van der Waals surface area contributed by atoms with Gasteiger partial charge < -0.3 is 10.1 Å². The molecule has 0 amide bonds. The standard InChI is InChI=1S/C12H17NO2S/c1-3-16-11-6-4-10(5-7-11)8-13-9-12(14)15-2/h4-7,13H,3,8-9H2,1-2H3. The maximum atomic E-state index is 10.9. The summed E-state index contributed by atoms with van der Waals surface area (Å²) in [5, 5.41) is 3.02. The zero-order valence-corrected chi connectivity index (χ0v) is 10.5. The van der Waals surface area contributed by atoms with Crippen LogP contribution < -0.4 is 5.32 Å². The Hall–Kier alpha value is -1.00. The molecule has 0 saturated carbocycles. The monoisotopic (exact) mass is 239 g/mol. The van der Waals surface area contributed by atoms with Crippen LogP contribution in [0.3, 0.4) is 0 Å². The van der Waals surface area contributed by atoms with Gasteiger partial charge in [-0.25, -0.2) is 0 Å². The van der Waals surface area contributed by atoms with Gasteiger partial charge in [0.1, 0.15) is 0 Å². The fourth-order valence-electron chi connectivity index (χ4n) is 1.25. The van der Waals surface area contributed by atoms with Crippen molar-refractivity contribution in [1.82, 2.24) is 5.32 Å². The van der Waals surface area contributed by atoms with Gasteiger partial charge in [-0.2, -0.15) is 0 Å². The molecule has 0 heterocycles. The van der Waals surface area contributed by atoms with Crippen LogP contribution in [0.4, 0.5) is 0 Å². The summed E-state index contributed by atoms with van der Waals surface area (Å²) in [5.41, 5.74) is 1.17. The topological polar surface area (TPSA) is 38.3 Å². The van der Waals surface area contributed by atoms with Crippen LogP contribution in [0, 0.1) is 0 Å². The van der Waals surface area contributed by atoms with E-state index in [1.165, 1.54) is 17.6 Å². The minimum absolute atomic E-state index is 0.238. The number of methoxy groups -OCH3 is 1. The Bertz CT molecular complexity index is 324. The Kier molecular flexibility index (Phi) is 5.96. The summed E-state index contributed by atoms with van der Waals surface area (Å²) in [7, 11) is 1.39. The average Bonchev–Trinajstić information content (AvgIpc) is 2.31. The first kappa shape index (κ1) is 13.1. The van der Waals surface area contributed by atoms with Gasteiger partial charge in [0.15, 0.2) is 0 Å². The molecular weight excluding hydrogens is 222 g/mol. The Morgan fingerprint density at radius 1 is 1.38 bits per heavy atom. The third-order valence-corrected chi connectivity index (χ3v) is 2.95. The van der Waals surface area contributed by atoms with E-state index in [0.29, 0.717) is 6.54 Å². The molecule has 3 nitrogen and oxygen atoms in total. The van der Waals surface area contributed by atoms with E-state index in [-0.39, 0.29) is 12.5 Å². The van der Waals surface area contributed by atoms with E-state index in [9.17, 15) is 4.79 Å². The van der Waals surface area contributed by atoms with Crippen molar-refractivity contribution >= 4 is 17.7 Å². The van der Waals surface area contributed by atoms with Crippen LogP contribution in [0.25, 0.3) is 0 Å². The van der Waals surface area contributed by atoms with E-state index in [4.69, 9.17) is 0 Å². The van der Waals surface area contributed by atoms with E-state index < -0.39 is 0 Å². The molecule has 1 rings (SSSR count). The second-order valence-corrected chi connectivity index (χ2v) is 4.59. The molecule has 16 heavy (non-hydrogen) atoms. The van der Waals surface area contributed by atoms with Crippen LogP contribution in [0.2, 0.25) is 0 Å². The quantitative estimate of drug-likeness (QED) is 0.609. The summed E-state index contributed by atoms with van der Waals surface area (Å²) in [4.78, 5) is 12.1. The number of carbonyl (C=O) groups excluding carboxylic acids is 1. The zero-order chi connectivity index (χ0) is 11.8. The fraction of sp³-hybridized carbons (Fsp3) is 0.417. The summed E-state index contributed by atoms with van der Waals surface area (Å²) in [6.45, 7) is 3.07. The normalized spacial score (nSPS) is 10.1. The van der Waals surface area contributed by atoms with Crippen molar-refractivity contribution < 1.29 is 9.53 Å². The van der Waals surface area contributed by atoms with Crippen LogP contribution in [-0.2, 0) is 16.1 Å². The van der Waals surface area contributed by atoms with Crippen molar-refractivity contribution in [2.45, 2.75) is 18.4 Å². The van der Waals surface area contributed by atoms with Crippen molar-refractivity contribution in [3.05, 3.63) is 29.8 Å². The lowest BCUT2D eigenvalue weighted by molar-refractivity contribution is -0.139. The molecule has 0 bridgehead atoms. The number of ether oxygens (including phenoxy) is 1. The molecule has 1 aromatic rings. The van der Waals surface area contributed by atoms with Crippen molar-refractivity contribution in [1.29, 1.82) is 0 Å². The molecule has 0 aromatic heterocycles.